The molecule has 0 aromatic carbocycles. The first-order valence-electron chi connectivity index (χ1n) is 6.15. The van der Waals surface area contributed by atoms with Gasteiger partial charge in [-0.15, -0.1) is 0 Å². The van der Waals surface area contributed by atoms with Crippen molar-refractivity contribution in [3.63, 3.8) is 0 Å². The van der Waals surface area contributed by atoms with Gasteiger partial charge in [-0.05, 0) is 31.2 Å². The first-order chi connectivity index (χ1) is 6.68. The summed E-state index contributed by atoms with van der Waals surface area (Å²) in [5, 5.41) is 7.32. The van der Waals surface area contributed by atoms with E-state index in [0.29, 0.717) is 11.5 Å². The van der Waals surface area contributed by atoms with Crippen LogP contribution >= 0.6 is 0 Å². The van der Waals surface area contributed by atoms with Gasteiger partial charge in [-0.25, -0.2) is 0 Å². The van der Waals surface area contributed by atoms with Gasteiger partial charge in [0.2, 0.25) is 0 Å². The van der Waals surface area contributed by atoms with Gasteiger partial charge < -0.3 is 10.6 Å². The molecule has 1 aliphatic heterocycles. The highest BCUT2D eigenvalue weighted by atomic mass is 15.0. The molecule has 1 saturated heterocycles. The highest BCUT2D eigenvalue weighted by molar-refractivity contribution is 4.92. The second-order valence-electron chi connectivity index (χ2n) is 5.63. The van der Waals surface area contributed by atoms with Crippen molar-refractivity contribution in [2.75, 3.05) is 13.1 Å². The molecule has 1 aliphatic carbocycles. The molecule has 1 unspecified atom stereocenters. The number of hydrogen-bond donors (Lipinski definition) is 2. The molecule has 1 atom stereocenters. The molecule has 2 nitrogen and oxygen atoms in total. The van der Waals surface area contributed by atoms with E-state index in [2.05, 4.69) is 24.5 Å². The summed E-state index contributed by atoms with van der Waals surface area (Å²) in [6.07, 6.45) is 6.97. The Morgan fingerprint density at radius 1 is 1.29 bits per heavy atom. The number of hydrogen-bond acceptors (Lipinski definition) is 2. The summed E-state index contributed by atoms with van der Waals surface area (Å²) in [7, 11) is 0. The minimum absolute atomic E-state index is 0.492. The lowest BCUT2D eigenvalue weighted by molar-refractivity contribution is 0.294. The highest BCUT2D eigenvalue weighted by Crippen LogP contribution is 2.29. The van der Waals surface area contributed by atoms with Crippen LogP contribution in [0.2, 0.25) is 0 Å². The Balaban J connectivity index is 1.74. The summed E-state index contributed by atoms with van der Waals surface area (Å²) in [6.45, 7) is 7.13. The summed E-state index contributed by atoms with van der Waals surface area (Å²) < 4.78 is 0. The van der Waals surface area contributed by atoms with Gasteiger partial charge in [-0.3, -0.25) is 0 Å². The van der Waals surface area contributed by atoms with Gasteiger partial charge >= 0.3 is 0 Å². The predicted octanol–water partition coefficient (Wildman–Crippen LogP) is 1.91. The van der Waals surface area contributed by atoms with E-state index in [9.17, 15) is 0 Å². The van der Waals surface area contributed by atoms with Gasteiger partial charge in [0.15, 0.2) is 0 Å². The van der Waals surface area contributed by atoms with Crippen LogP contribution in [0.25, 0.3) is 0 Å². The van der Waals surface area contributed by atoms with E-state index in [1.54, 1.807) is 0 Å². The van der Waals surface area contributed by atoms with Crippen molar-refractivity contribution in [1.29, 1.82) is 0 Å². The molecule has 0 aromatic heterocycles. The lowest BCUT2D eigenvalue weighted by atomic mass is 9.85. The van der Waals surface area contributed by atoms with Crippen LogP contribution in [-0.4, -0.2) is 25.2 Å². The molecule has 0 amide bonds. The van der Waals surface area contributed by atoms with Crippen LogP contribution in [0.1, 0.15) is 46.0 Å². The highest BCUT2D eigenvalue weighted by Gasteiger charge is 2.34. The van der Waals surface area contributed by atoms with Crippen molar-refractivity contribution in [1.82, 2.24) is 10.6 Å². The first-order valence-corrected chi connectivity index (χ1v) is 6.15. The Bertz CT molecular complexity index is 183. The molecule has 2 fully saturated rings. The molecule has 0 spiro atoms. The molecule has 2 N–H and O–H groups in total. The van der Waals surface area contributed by atoms with Crippen molar-refractivity contribution < 1.29 is 0 Å². The van der Waals surface area contributed by atoms with Gasteiger partial charge in [0.1, 0.15) is 0 Å². The average Bonchev–Trinajstić information content (AvgIpc) is 2.71. The fourth-order valence-electron chi connectivity index (χ4n) is 2.78. The molecule has 2 rings (SSSR count). The fraction of sp³-hybridized carbons (Fsp3) is 1.00. The van der Waals surface area contributed by atoms with E-state index in [4.69, 9.17) is 0 Å². The van der Waals surface area contributed by atoms with Crippen molar-refractivity contribution >= 4 is 0 Å². The summed E-state index contributed by atoms with van der Waals surface area (Å²) in [4.78, 5) is 0. The van der Waals surface area contributed by atoms with E-state index in [0.717, 1.165) is 12.6 Å². The quantitative estimate of drug-likeness (QED) is 0.720. The monoisotopic (exact) mass is 196 g/mol. The first kappa shape index (κ1) is 10.4. The van der Waals surface area contributed by atoms with E-state index in [1.165, 1.54) is 38.6 Å². The lowest BCUT2D eigenvalue weighted by Gasteiger charge is -2.28. The van der Waals surface area contributed by atoms with Crippen molar-refractivity contribution in [2.45, 2.75) is 58.0 Å². The second-order valence-corrected chi connectivity index (χ2v) is 5.63. The van der Waals surface area contributed by atoms with Crippen molar-refractivity contribution in [3.05, 3.63) is 0 Å². The number of nitrogens with one attached hydrogen (secondary N) is 2. The molecule has 14 heavy (non-hydrogen) atoms. The smallest absolute Gasteiger partial charge is 0.0244 e. The van der Waals surface area contributed by atoms with E-state index < -0.39 is 0 Å². The van der Waals surface area contributed by atoms with Gasteiger partial charge in [-0.2, -0.15) is 0 Å². The topological polar surface area (TPSA) is 24.1 Å². The Hall–Kier alpha value is -0.0800. The van der Waals surface area contributed by atoms with Gasteiger partial charge in [0.05, 0.1) is 0 Å². The zero-order valence-corrected chi connectivity index (χ0v) is 9.60. The average molecular weight is 196 g/mol. The molecule has 0 radical (unpaired) electrons. The van der Waals surface area contributed by atoms with Crippen LogP contribution in [0.15, 0.2) is 0 Å². The Labute approximate surface area is 87.8 Å². The molecule has 2 heteroatoms. The van der Waals surface area contributed by atoms with Gasteiger partial charge in [0, 0.05) is 18.6 Å². The third-order valence-electron chi connectivity index (χ3n) is 4.07. The molecular weight excluding hydrogens is 172 g/mol. The van der Waals surface area contributed by atoms with Crippen LogP contribution in [-0.2, 0) is 0 Å². The third kappa shape index (κ3) is 2.29. The standard InChI is InChI=1S/C12H24N2/c1-12(2)7-8-13-11(12)9-14-10-5-3-4-6-10/h10-11,13-14H,3-9H2,1-2H3. The van der Waals surface area contributed by atoms with E-state index in [-0.39, 0.29) is 0 Å². The van der Waals surface area contributed by atoms with E-state index >= 15 is 0 Å². The van der Waals surface area contributed by atoms with Crippen molar-refractivity contribution in [3.8, 4) is 0 Å². The van der Waals surface area contributed by atoms with Gasteiger partial charge in [0.25, 0.3) is 0 Å². The summed E-state index contributed by atoms with van der Waals surface area (Å²) in [6, 6.07) is 1.50. The maximum Gasteiger partial charge on any atom is 0.0244 e. The molecule has 0 bridgehead atoms. The Morgan fingerprint density at radius 2 is 2.00 bits per heavy atom. The van der Waals surface area contributed by atoms with Crippen LogP contribution in [0.4, 0.5) is 0 Å². The summed E-state index contributed by atoms with van der Waals surface area (Å²) >= 11 is 0. The predicted molar refractivity (Wildman–Crippen MR) is 60.4 cm³/mol. The third-order valence-corrected chi connectivity index (χ3v) is 4.07. The molecule has 1 heterocycles. The maximum absolute atomic E-state index is 3.72. The van der Waals surface area contributed by atoms with E-state index in [1.807, 2.05) is 0 Å². The summed E-state index contributed by atoms with van der Waals surface area (Å²) in [5.74, 6) is 0. The fourth-order valence-corrected chi connectivity index (χ4v) is 2.78. The maximum atomic E-state index is 3.72. The van der Waals surface area contributed by atoms with Crippen LogP contribution in [0, 0.1) is 5.41 Å². The SMILES string of the molecule is CC1(C)CCNC1CNC1CCCC1. The minimum atomic E-state index is 0.492. The molecule has 1 saturated carbocycles. The Morgan fingerprint density at radius 3 is 2.57 bits per heavy atom. The summed E-state index contributed by atoms with van der Waals surface area (Å²) in [5.41, 5.74) is 0.492. The Kier molecular flexibility index (Phi) is 3.13. The minimum Gasteiger partial charge on any atom is -0.312 e. The van der Waals surface area contributed by atoms with Crippen molar-refractivity contribution in [2.24, 2.45) is 5.41 Å². The molecule has 0 aromatic rings. The van der Waals surface area contributed by atoms with Crippen LogP contribution < -0.4 is 10.6 Å². The lowest BCUT2D eigenvalue weighted by Crippen LogP contribution is -2.44. The zero-order valence-electron chi connectivity index (χ0n) is 9.60. The largest absolute Gasteiger partial charge is 0.312 e. The second kappa shape index (κ2) is 4.19. The molecular formula is C12H24N2. The zero-order chi connectivity index (χ0) is 10.0. The normalized spacial score (nSPS) is 32.6. The molecule has 82 valence electrons. The molecule has 2 aliphatic rings. The van der Waals surface area contributed by atoms with Crippen LogP contribution in [0.5, 0.6) is 0 Å². The van der Waals surface area contributed by atoms with Crippen LogP contribution in [0.3, 0.4) is 0 Å². The van der Waals surface area contributed by atoms with Gasteiger partial charge in [-0.1, -0.05) is 26.7 Å². The number of rotatable bonds is 3.